The highest BCUT2D eigenvalue weighted by Crippen LogP contribution is 2.37. The Balaban J connectivity index is 4.14. The first-order chi connectivity index (χ1) is 12.0. The van der Waals surface area contributed by atoms with Gasteiger partial charge in [-0.1, -0.05) is 13.8 Å². The lowest BCUT2D eigenvalue weighted by Gasteiger charge is -2.27. The van der Waals surface area contributed by atoms with Crippen LogP contribution in [0.4, 0.5) is 0 Å². The van der Waals surface area contributed by atoms with Crippen molar-refractivity contribution in [2.45, 2.75) is 39.1 Å². The van der Waals surface area contributed by atoms with E-state index < -0.39 is 32.1 Å². The molecule has 0 fully saturated rings. The third-order valence-electron chi connectivity index (χ3n) is 3.11. The van der Waals surface area contributed by atoms with Crippen molar-refractivity contribution in [2.75, 3.05) is 53.4 Å². The first kappa shape index (κ1) is 25.9. The molecule has 26 heavy (non-hydrogen) atoms. The molecule has 0 heterocycles. The highest BCUT2D eigenvalue weighted by atomic mass is 31.2. The zero-order valence-corrected chi connectivity index (χ0v) is 16.8. The second kappa shape index (κ2) is 13.1. The Kier molecular flexibility index (Phi) is 13.0. The van der Waals surface area contributed by atoms with Gasteiger partial charge >= 0.3 is 7.82 Å². The van der Waals surface area contributed by atoms with Gasteiger partial charge in [0, 0.05) is 12.5 Å². The minimum atomic E-state index is -4.68. The number of ether oxygens (including phenoxy) is 4. The Morgan fingerprint density at radius 2 is 1.46 bits per heavy atom. The lowest BCUT2D eigenvalue weighted by molar-refractivity contribution is -0.103. The first-order valence-electron chi connectivity index (χ1n) is 8.28. The Morgan fingerprint density at radius 1 is 0.962 bits per heavy atom. The van der Waals surface area contributed by atoms with Crippen LogP contribution in [0.1, 0.15) is 20.8 Å². The maximum atomic E-state index is 10.8. The van der Waals surface area contributed by atoms with Crippen molar-refractivity contribution in [1.82, 2.24) is 0 Å². The summed E-state index contributed by atoms with van der Waals surface area (Å²) < 4.78 is 36.7. The van der Waals surface area contributed by atoms with Gasteiger partial charge in [0.25, 0.3) is 0 Å². The van der Waals surface area contributed by atoms with Gasteiger partial charge in [0.05, 0.1) is 52.4 Å². The number of aliphatic hydroxyl groups excluding tert-OH is 2. The van der Waals surface area contributed by atoms with Crippen LogP contribution >= 0.6 is 7.82 Å². The van der Waals surface area contributed by atoms with Gasteiger partial charge in [-0.15, -0.1) is 0 Å². The zero-order valence-electron chi connectivity index (χ0n) is 15.9. The van der Waals surface area contributed by atoms with Gasteiger partial charge in [0.1, 0.15) is 12.2 Å². The molecule has 158 valence electrons. The molecule has 0 aromatic rings. The summed E-state index contributed by atoms with van der Waals surface area (Å²) in [6.07, 6.45) is -1.74. The minimum Gasteiger partial charge on any atom is -0.394 e. The summed E-state index contributed by atoms with van der Waals surface area (Å²) in [5.74, 6) is 0. The van der Waals surface area contributed by atoms with Crippen molar-refractivity contribution in [3.63, 3.8) is 0 Å². The lowest BCUT2D eigenvalue weighted by atomic mass is 9.96. The highest BCUT2D eigenvalue weighted by molar-refractivity contribution is 7.46. The molecule has 10 nitrogen and oxygen atoms in total. The number of methoxy groups -OCH3 is 1. The number of rotatable bonds is 16. The van der Waals surface area contributed by atoms with Crippen molar-refractivity contribution in [3.8, 4) is 0 Å². The van der Waals surface area contributed by atoms with Crippen LogP contribution in [0, 0.1) is 5.41 Å². The molecule has 0 aliphatic carbocycles. The summed E-state index contributed by atoms with van der Waals surface area (Å²) in [5, 5.41) is 18.4. The second-order valence-corrected chi connectivity index (χ2v) is 7.99. The van der Waals surface area contributed by atoms with E-state index in [9.17, 15) is 9.67 Å². The molecule has 0 bridgehead atoms. The van der Waals surface area contributed by atoms with Crippen LogP contribution < -0.4 is 0 Å². The smallest absolute Gasteiger partial charge is 0.394 e. The topological polar surface area (TPSA) is 144 Å². The highest BCUT2D eigenvalue weighted by Gasteiger charge is 2.24. The maximum absolute atomic E-state index is 10.8. The molecule has 0 rings (SSSR count). The van der Waals surface area contributed by atoms with Gasteiger partial charge in [-0.2, -0.15) is 0 Å². The van der Waals surface area contributed by atoms with E-state index in [0.717, 1.165) is 0 Å². The van der Waals surface area contributed by atoms with E-state index in [4.69, 9.17) is 33.8 Å². The number of hydrogen-bond acceptors (Lipinski definition) is 8. The molecule has 0 aromatic carbocycles. The van der Waals surface area contributed by atoms with Crippen molar-refractivity contribution < 1.29 is 48.0 Å². The number of hydrogen-bond donors (Lipinski definition) is 4. The van der Waals surface area contributed by atoms with E-state index in [0.29, 0.717) is 13.2 Å². The normalized spacial score (nSPS) is 16.5. The number of phosphoric acid groups is 1. The second-order valence-electron chi connectivity index (χ2n) is 6.80. The van der Waals surface area contributed by atoms with Gasteiger partial charge in [0.2, 0.25) is 0 Å². The Labute approximate surface area is 154 Å². The van der Waals surface area contributed by atoms with Gasteiger partial charge in [-0.05, 0) is 6.92 Å². The average Bonchev–Trinajstić information content (AvgIpc) is 2.51. The van der Waals surface area contributed by atoms with Crippen LogP contribution in [0.5, 0.6) is 0 Å². The predicted molar refractivity (Wildman–Crippen MR) is 92.7 cm³/mol. The van der Waals surface area contributed by atoms with Gasteiger partial charge in [0.15, 0.2) is 0 Å². The minimum absolute atomic E-state index is 0.165. The molecular weight excluding hydrogens is 371 g/mol. The standard InChI is InChI=1S/C15H33O10P/c1-12(7-21-4)24-13(5-16)8-22-10-15(2,3)11-23-9-14(6-17)25-26(18,19)20/h12-14,16-17H,5-11H2,1-4H3,(H2,18,19,20). The summed E-state index contributed by atoms with van der Waals surface area (Å²) in [5.41, 5.74) is -0.402. The molecule has 0 saturated carbocycles. The quantitative estimate of drug-likeness (QED) is 0.258. The summed E-state index contributed by atoms with van der Waals surface area (Å²) in [7, 11) is -3.11. The molecule has 0 amide bonds. The van der Waals surface area contributed by atoms with Crippen molar-refractivity contribution >= 4 is 7.82 Å². The van der Waals surface area contributed by atoms with Crippen LogP contribution in [0.2, 0.25) is 0 Å². The largest absolute Gasteiger partial charge is 0.470 e. The summed E-state index contributed by atoms with van der Waals surface area (Å²) in [6, 6.07) is 0. The van der Waals surface area contributed by atoms with Crippen molar-refractivity contribution in [3.05, 3.63) is 0 Å². The van der Waals surface area contributed by atoms with Gasteiger partial charge < -0.3 is 38.9 Å². The molecule has 0 saturated heterocycles. The summed E-state index contributed by atoms with van der Waals surface area (Å²) in [6.45, 7) is 5.84. The van der Waals surface area contributed by atoms with Crippen LogP contribution in [0.25, 0.3) is 0 Å². The number of aliphatic hydroxyl groups is 2. The Bertz CT molecular complexity index is 400. The van der Waals surface area contributed by atoms with Crippen LogP contribution in [0.3, 0.4) is 0 Å². The van der Waals surface area contributed by atoms with Crippen LogP contribution in [-0.4, -0.2) is 91.7 Å². The molecule has 0 aliphatic rings. The van der Waals surface area contributed by atoms with Crippen molar-refractivity contribution in [2.24, 2.45) is 5.41 Å². The molecule has 0 spiro atoms. The van der Waals surface area contributed by atoms with Crippen molar-refractivity contribution in [1.29, 1.82) is 0 Å². The van der Waals surface area contributed by atoms with Gasteiger partial charge in [-0.3, -0.25) is 4.52 Å². The van der Waals surface area contributed by atoms with Crippen LogP contribution in [0.15, 0.2) is 0 Å². The molecule has 0 aromatic heterocycles. The average molecular weight is 404 g/mol. The molecule has 3 unspecified atom stereocenters. The predicted octanol–water partition coefficient (Wildman–Crippen LogP) is -0.0716. The Morgan fingerprint density at radius 3 is 1.88 bits per heavy atom. The first-order valence-corrected chi connectivity index (χ1v) is 9.81. The van der Waals surface area contributed by atoms with E-state index in [-0.39, 0.29) is 32.5 Å². The fourth-order valence-electron chi connectivity index (χ4n) is 2.02. The molecule has 0 aliphatic heterocycles. The monoisotopic (exact) mass is 404 g/mol. The summed E-state index contributed by atoms with van der Waals surface area (Å²) >= 11 is 0. The van der Waals surface area contributed by atoms with E-state index in [1.165, 1.54) is 0 Å². The van der Waals surface area contributed by atoms with E-state index in [2.05, 4.69) is 4.52 Å². The summed E-state index contributed by atoms with van der Waals surface area (Å²) in [4.78, 5) is 17.5. The van der Waals surface area contributed by atoms with E-state index in [1.54, 1.807) is 7.11 Å². The fraction of sp³-hybridized carbons (Fsp3) is 1.00. The fourth-order valence-corrected chi connectivity index (χ4v) is 2.54. The molecule has 0 radical (unpaired) electrons. The Hall–Kier alpha value is -0.130. The molecular formula is C15H33O10P. The van der Waals surface area contributed by atoms with Gasteiger partial charge in [-0.25, -0.2) is 4.57 Å². The molecule has 4 N–H and O–H groups in total. The lowest BCUT2D eigenvalue weighted by Crippen LogP contribution is -2.34. The third kappa shape index (κ3) is 14.0. The third-order valence-corrected chi connectivity index (χ3v) is 3.69. The maximum Gasteiger partial charge on any atom is 0.470 e. The van der Waals surface area contributed by atoms with E-state index in [1.807, 2.05) is 20.8 Å². The molecule has 3 atom stereocenters. The SMILES string of the molecule is COCC(C)OC(CO)COCC(C)(C)COCC(CO)OP(=O)(O)O. The number of phosphoric ester groups is 1. The van der Waals surface area contributed by atoms with E-state index >= 15 is 0 Å². The van der Waals surface area contributed by atoms with Crippen LogP contribution in [-0.2, 0) is 28.0 Å². The zero-order chi connectivity index (χ0) is 20.2. The molecule has 11 heteroatoms.